The number of esters is 1. The molecule has 0 unspecified atom stereocenters. The molecule has 1 aliphatic rings. The number of carbonyl (C=O) groups excluding carboxylic acids is 2. The average Bonchev–Trinajstić information content (AvgIpc) is 2.32. The van der Waals surface area contributed by atoms with Crippen molar-refractivity contribution in [3.05, 3.63) is 0 Å². The summed E-state index contributed by atoms with van der Waals surface area (Å²) >= 11 is 0. The Labute approximate surface area is 102 Å². The molecule has 17 heavy (non-hydrogen) atoms. The second-order valence-corrected chi connectivity index (χ2v) is 4.36. The standard InChI is InChI=1S/C12H21NO4/c1-3-17-12(15)13-10-6-4-9(5-7-10)8-11(14)16-2/h9-10H,3-8H2,1-2H3,(H,13,15). The fourth-order valence-corrected chi connectivity index (χ4v) is 2.17. The van der Waals surface area contributed by atoms with E-state index in [-0.39, 0.29) is 18.1 Å². The lowest BCUT2D eigenvalue weighted by molar-refractivity contribution is -0.142. The number of amides is 1. The Kier molecular flexibility index (Phi) is 5.80. The molecule has 0 aromatic heterocycles. The smallest absolute Gasteiger partial charge is 0.407 e. The van der Waals surface area contributed by atoms with E-state index >= 15 is 0 Å². The summed E-state index contributed by atoms with van der Waals surface area (Å²) in [5.74, 6) is 0.245. The number of rotatable bonds is 4. The van der Waals surface area contributed by atoms with E-state index in [1.807, 2.05) is 0 Å². The zero-order chi connectivity index (χ0) is 12.7. The van der Waals surface area contributed by atoms with Crippen LogP contribution in [0.25, 0.3) is 0 Å². The van der Waals surface area contributed by atoms with Gasteiger partial charge in [-0.1, -0.05) is 0 Å². The summed E-state index contributed by atoms with van der Waals surface area (Å²) in [7, 11) is 1.41. The van der Waals surface area contributed by atoms with Gasteiger partial charge < -0.3 is 14.8 Å². The van der Waals surface area contributed by atoms with Crippen molar-refractivity contribution >= 4 is 12.1 Å². The SMILES string of the molecule is CCOC(=O)NC1CCC(CC(=O)OC)CC1. The lowest BCUT2D eigenvalue weighted by atomic mass is 9.84. The number of alkyl carbamates (subject to hydrolysis) is 1. The lowest BCUT2D eigenvalue weighted by Gasteiger charge is -2.28. The van der Waals surface area contributed by atoms with Crippen molar-refractivity contribution < 1.29 is 19.1 Å². The summed E-state index contributed by atoms with van der Waals surface area (Å²) in [5.41, 5.74) is 0. The Morgan fingerprint density at radius 3 is 2.41 bits per heavy atom. The summed E-state index contributed by atoms with van der Waals surface area (Å²) < 4.78 is 9.48. The fourth-order valence-electron chi connectivity index (χ4n) is 2.17. The third-order valence-electron chi connectivity index (χ3n) is 3.13. The van der Waals surface area contributed by atoms with Crippen LogP contribution in [0.15, 0.2) is 0 Å². The number of hydrogen-bond acceptors (Lipinski definition) is 4. The molecule has 1 saturated carbocycles. The Morgan fingerprint density at radius 1 is 1.24 bits per heavy atom. The van der Waals surface area contributed by atoms with Crippen LogP contribution in [0, 0.1) is 5.92 Å². The van der Waals surface area contributed by atoms with Gasteiger partial charge in [-0.3, -0.25) is 4.79 Å². The molecule has 0 heterocycles. The average molecular weight is 243 g/mol. The van der Waals surface area contributed by atoms with Gasteiger partial charge in [-0.05, 0) is 38.5 Å². The summed E-state index contributed by atoms with van der Waals surface area (Å²) in [4.78, 5) is 22.3. The number of methoxy groups -OCH3 is 1. The number of ether oxygens (including phenoxy) is 2. The Balaban J connectivity index is 2.21. The van der Waals surface area contributed by atoms with Crippen molar-refractivity contribution in [2.75, 3.05) is 13.7 Å². The molecule has 0 aliphatic heterocycles. The van der Waals surface area contributed by atoms with E-state index in [9.17, 15) is 9.59 Å². The van der Waals surface area contributed by atoms with Gasteiger partial charge in [0.05, 0.1) is 13.7 Å². The molecule has 0 aromatic carbocycles. The zero-order valence-electron chi connectivity index (χ0n) is 10.5. The highest BCUT2D eigenvalue weighted by molar-refractivity contribution is 5.69. The van der Waals surface area contributed by atoms with Crippen molar-refractivity contribution in [1.82, 2.24) is 5.32 Å². The largest absolute Gasteiger partial charge is 0.469 e. The first-order valence-corrected chi connectivity index (χ1v) is 6.15. The molecule has 0 radical (unpaired) electrons. The van der Waals surface area contributed by atoms with Gasteiger partial charge in [0.2, 0.25) is 0 Å². The molecule has 5 nitrogen and oxygen atoms in total. The van der Waals surface area contributed by atoms with Crippen molar-refractivity contribution in [2.45, 2.75) is 45.1 Å². The monoisotopic (exact) mass is 243 g/mol. The van der Waals surface area contributed by atoms with Crippen LogP contribution in [0.2, 0.25) is 0 Å². The molecule has 0 spiro atoms. The summed E-state index contributed by atoms with van der Waals surface area (Å²) in [6, 6.07) is 0.183. The Bertz CT molecular complexity index is 259. The topological polar surface area (TPSA) is 64.6 Å². The molecule has 0 saturated heterocycles. The maximum absolute atomic E-state index is 11.2. The van der Waals surface area contributed by atoms with Gasteiger partial charge in [-0.25, -0.2) is 4.79 Å². The van der Waals surface area contributed by atoms with E-state index in [1.54, 1.807) is 6.92 Å². The minimum atomic E-state index is -0.344. The number of hydrogen-bond donors (Lipinski definition) is 1. The fraction of sp³-hybridized carbons (Fsp3) is 0.833. The first kappa shape index (κ1) is 13.8. The van der Waals surface area contributed by atoms with Gasteiger partial charge in [-0.15, -0.1) is 0 Å². The van der Waals surface area contributed by atoms with E-state index in [0.29, 0.717) is 18.9 Å². The first-order valence-electron chi connectivity index (χ1n) is 6.15. The molecule has 1 N–H and O–H groups in total. The van der Waals surface area contributed by atoms with Gasteiger partial charge in [0.15, 0.2) is 0 Å². The van der Waals surface area contributed by atoms with Gasteiger partial charge in [-0.2, -0.15) is 0 Å². The molecule has 0 atom stereocenters. The maximum Gasteiger partial charge on any atom is 0.407 e. The molecule has 0 aromatic rings. The minimum absolute atomic E-state index is 0.146. The molecule has 1 amide bonds. The van der Waals surface area contributed by atoms with Crippen LogP contribution < -0.4 is 5.32 Å². The van der Waals surface area contributed by atoms with Crippen LogP contribution in [-0.4, -0.2) is 31.8 Å². The van der Waals surface area contributed by atoms with E-state index in [2.05, 4.69) is 10.1 Å². The van der Waals surface area contributed by atoms with Crippen LogP contribution in [0.1, 0.15) is 39.0 Å². The van der Waals surface area contributed by atoms with Crippen molar-refractivity contribution in [3.8, 4) is 0 Å². The summed E-state index contributed by atoms with van der Waals surface area (Å²) in [6.07, 6.45) is 3.85. The number of carbonyl (C=O) groups is 2. The summed E-state index contributed by atoms with van der Waals surface area (Å²) in [5, 5.41) is 2.83. The molecule has 0 bridgehead atoms. The molecule has 5 heteroatoms. The quantitative estimate of drug-likeness (QED) is 0.765. The van der Waals surface area contributed by atoms with Gasteiger partial charge in [0.25, 0.3) is 0 Å². The zero-order valence-corrected chi connectivity index (χ0v) is 10.5. The maximum atomic E-state index is 11.2. The summed E-state index contributed by atoms with van der Waals surface area (Å²) in [6.45, 7) is 2.18. The Hall–Kier alpha value is -1.26. The highest BCUT2D eigenvalue weighted by atomic mass is 16.5. The molecule has 98 valence electrons. The number of nitrogens with one attached hydrogen (secondary N) is 1. The van der Waals surface area contributed by atoms with Crippen LogP contribution in [0.5, 0.6) is 0 Å². The van der Waals surface area contributed by atoms with Crippen LogP contribution in [0.3, 0.4) is 0 Å². The third kappa shape index (κ3) is 5.06. The second-order valence-electron chi connectivity index (χ2n) is 4.36. The predicted octanol–water partition coefficient (Wildman–Crippen LogP) is 1.85. The highest BCUT2D eigenvalue weighted by Crippen LogP contribution is 2.27. The third-order valence-corrected chi connectivity index (χ3v) is 3.13. The second kappa shape index (κ2) is 7.14. The molecule has 1 fully saturated rings. The molecular weight excluding hydrogens is 222 g/mol. The van der Waals surface area contributed by atoms with E-state index in [0.717, 1.165) is 25.7 Å². The van der Waals surface area contributed by atoms with E-state index in [4.69, 9.17) is 4.74 Å². The normalized spacial score (nSPS) is 23.9. The van der Waals surface area contributed by atoms with Gasteiger partial charge in [0, 0.05) is 12.5 Å². The van der Waals surface area contributed by atoms with Crippen LogP contribution in [-0.2, 0) is 14.3 Å². The van der Waals surface area contributed by atoms with E-state index < -0.39 is 0 Å². The lowest BCUT2D eigenvalue weighted by Crippen LogP contribution is -2.38. The molecular formula is C12H21NO4. The highest BCUT2D eigenvalue weighted by Gasteiger charge is 2.24. The predicted molar refractivity (Wildman–Crippen MR) is 62.5 cm³/mol. The van der Waals surface area contributed by atoms with Crippen molar-refractivity contribution in [3.63, 3.8) is 0 Å². The van der Waals surface area contributed by atoms with E-state index in [1.165, 1.54) is 7.11 Å². The molecule has 1 rings (SSSR count). The molecule has 1 aliphatic carbocycles. The first-order chi connectivity index (χ1) is 8.15. The minimum Gasteiger partial charge on any atom is -0.469 e. The van der Waals surface area contributed by atoms with Crippen LogP contribution in [0.4, 0.5) is 4.79 Å². The van der Waals surface area contributed by atoms with Gasteiger partial charge >= 0.3 is 12.1 Å². The van der Waals surface area contributed by atoms with Crippen molar-refractivity contribution in [2.24, 2.45) is 5.92 Å². The van der Waals surface area contributed by atoms with Gasteiger partial charge in [0.1, 0.15) is 0 Å². The van der Waals surface area contributed by atoms with Crippen LogP contribution >= 0.6 is 0 Å². The Morgan fingerprint density at radius 2 is 1.88 bits per heavy atom. The van der Waals surface area contributed by atoms with Crippen molar-refractivity contribution in [1.29, 1.82) is 0 Å².